The highest BCUT2D eigenvalue weighted by atomic mass is 16.4. The minimum Gasteiger partial charge on any atom is -0.481 e. The number of rotatable bonds is 2. The fourth-order valence-corrected chi connectivity index (χ4v) is 2.52. The number of likely N-dealkylation sites (tertiary alicyclic amines) is 1. The minimum atomic E-state index is -0.951. The van der Waals surface area contributed by atoms with Crippen LogP contribution in [0.4, 0.5) is 0 Å². The maximum Gasteiger partial charge on any atom is 0.310 e. The second-order valence-electron chi connectivity index (χ2n) is 4.56. The van der Waals surface area contributed by atoms with E-state index in [0.717, 1.165) is 12.8 Å². The van der Waals surface area contributed by atoms with Gasteiger partial charge in [0, 0.05) is 25.9 Å². The Bertz CT molecular complexity index is 355. The molecule has 0 aromatic carbocycles. The average molecular weight is 240 g/mol. The fourth-order valence-electron chi connectivity index (χ4n) is 2.52. The number of carbonyl (C=O) groups is 3. The summed E-state index contributed by atoms with van der Waals surface area (Å²) in [6, 6.07) is -0.478. The number of hydrogen-bond donors (Lipinski definition) is 2. The Morgan fingerprint density at radius 3 is 2.76 bits per heavy atom. The summed E-state index contributed by atoms with van der Waals surface area (Å²) in [7, 11) is 0. The lowest BCUT2D eigenvalue weighted by molar-refractivity contribution is -0.150. The third-order valence-corrected chi connectivity index (χ3v) is 3.46. The zero-order chi connectivity index (χ0) is 12.4. The van der Waals surface area contributed by atoms with E-state index in [9.17, 15) is 14.4 Å². The Morgan fingerprint density at radius 2 is 2.12 bits per heavy atom. The minimum absolute atomic E-state index is 0.0257. The number of piperidine rings is 2. The lowest BCUT2D eigenvalue weighted by Gasteiger charge is -2.39. The molecule has 2 aliphatic rings. The fraction of sp³-hybridized carbons (Fsp3) is 0.727. The number of hydrogen-bond acceptors (Lipinski definition) is 3. The lowest BCUT2D eigenvalue weighted by atomic mass is 9.90. The van der Waals surface area contributed by atoms with Crippen LogP contribution in [0.5, 0.6) is 0 Å². The van der Waals surface area contributed by atoms with Crippen molar-refractivity contribution >= 4 is 17.8 Å². The largest absolute Gasteiger partial charge is 0.481 e. The van der Waals surface area contributed by atoms with Crippen LogP contribution >= 0.6 is 0 Å². The van der Waals surface area contributed by atoms with E-state index in [-0.39, 0.29) is 24.8 Å². The average Bonchev–Trinajstić information content (AvgIpc) is 2.29. The number of carboxylic acids is 1. The van der Waals surface area contributed by atoms with E-state index in [1.807, 2.05) is 0 Å². The normalized spacial score (nSPS) is 30.0. The van der Waals surface area contributed by atoms with Crippen molar-refractivity contribution in [3.05, 3.63) is 0 Å². The van der Waals surface area contributed by atoms with Crippen molar-refractivity contribution in [2.24, 2.45) is 5.92 Å². The number of amides is 2. The highest BCUT2D eigenvalue weighted by Gasteiger charge is 2.40. The topological polar surface area (TPSA) is 86.7 Å². The van der Waals surface area contributed by atoms with Crippen LogP contribution < -0.4 is 5.32 Å². The van der Waals surface area contributed by atoms with Crippen molar-refractivity contribution in [1.82, 2.24) is 10.2 Å². The van der Waals surface area contributed by atoms with Gasteiger partial charge in [-0.2, -0.15) is 0 Å². The first-order valence-electron chi connectivity index (χ1n) is 5.88. The summed E-state index contributed by atoms with van der Waals surface area (Å²) in [6.45, 7) is 0.684. The number of nitrogens with zero attached hydrogens (tertiary/aromatic N) is 1. The summed E-state index contributed by atoms with van der Waals surface area (Å²) in [5.41, 5.74) is 0. The smallest absolute Gasteiger partial charge is 0.310 e. The van der Waals surface area contributed by atoms with Gasteiger partial charge in [0.25, 0.3) is 0 Å². The van der Waals surface area contributed by atoms with Crippen LogP contribution in [0.25, 0.3) is 0 Å². The van der Waals surface area contributed by atoms with Crippen LogP contribution in [-0.2, 0) is 14.4 Å². The van der Waals surface area contributed by atoms with Crippen molar-refractivity contribution in [3.63, 3.8) is 0 Å². The number of carbonyl (C=O) groups excluding carboxylic acids is 2. The van der Waals surface area contributed by atoms with Gasteiger partial charge in [0.1, 0.15) is 0 Å². The molecule has 0 saturated carbocycles. The van der Waals surface area contributed by atoms with Gasteiger partial charge in [-0.05, 0) is 12.8 Å². The first-order chi connectivity index (χ1) is 8.09. The van der Waals surface area contributed by atoms with E-state index in [2.05, 4.69) is 5.32 Å². The molecule has 0 aliphatic carbocycles. The Morgan fingerprint density at radius 1 is 1.35 bits per heavy atom. The molecule has 17 heavy (non-hydrogen) atoms. The monoisotopic (exact) mass is 240 g/mol. The molecule has 0 radical (unpaired) electrons. The predicted octanol–water partition coefficient (Wildman–Crippen LogP) is -0.412. The van der Waals surface area contributed by atoms with E-state index in [0.29, 0.717) is 13.0 Å². The maximum atomic E-state index is 11.8. The maximum absolute atomic E-state index is 11.8. The Kier molecular flexibility index (Phi) is 3.31. The number of aliphatic carboxylic acids is 1. The van der Waals surface area contributed by atoms with Crippen LogP contribution in [-0.4, -0.2) is 46.9 Å². The van der Waals surface area contributed by atoms with Crippen LogP contribution in [0.3, 0.4) is 0 Å². The van der Waals surface area contributed by atoms with Crippen molar-refractivity contribution in [2.75, 3.05) is 13.1 Å². The van der Waals surface area contributed by atoms with E-state index < -0.39 is 17.9 Å². The molecule has 6 heteroatoms. The van der Waals surface area contributed by atoms with Gasteiger partial charge in [-0.15, -0.1) is 0 Å². The summed E-state index contributed by atoms with van der Waals surface area (Å²) in [6.07, 6.45) is 2.30. The van der Waals surface area contributed by atoms with Crippen molar-refractivity contribution < 1.29 is 19.5 Å². The van der Waals surface area contributed by atoms with Crippen LogP contribution in [0.15, 0.2) is 0 Å². The lowest BCUT2D eigenvalue weighted by Crippen LogP contribution is -2.56. The van der Waals surface area contributed by atoms with Gasteiger partial charge >= 0.3 is 5.97 Å². The van der Waals surface area contributed by atoms with Crippen molar-refractivity contribution in [3.8, 4) is 0 Å². The van der Waals surface area contributed by atoms with E-state index in [1.165, 1.54) is 0 Å². The number of nitrogens with one attached hydrogen (secondary N) is 1. The molecule has 2 saturated heterocycles. The summed E-state index contributed by atoms with van der Waals surface area (Å²) in [5, 5.41) is 11.7. The molecule has 2 atom stereocenters. The SMILES string of the molecule is O=C1CC(N2CCCCC2=O)C(C(=O)O)CN1. The van der Waals surface area contributed by atoms with E-state index in [4.69, 9.17) is 5.11 Å². The summed E-state index contributed by atoms with van der Waals surface area (Å²) >= 11 is 0. The molecule has 2 aliphatic heterocycles. The number of carboxylic acid groups (broad SMARTS) is 1. The molecule has 0 bridgehead atoms. The molecular weight excluding hydrogens is 224 g/mol. The van der Waals surface area contributed by atoms with Gasteiger partial charge in [0.15, 0.2) is 0 Å². The molecule has 2 fully saturated rings. The first kappa shape index (κ1) is 11.9. The molecule has 0 aromatic heterocycles. The zero-order valence-corrected chi connectivity index (χ0v) is 9.52. The highest BCUT2D eigenvalue weighted by molar-refractivity contribution is 5.84. The van der Waals surface area contributed by atoms with Gasteiger partial charge in [0.2, 0.25) is 11.8 Å². The Labute approximate surface area is 99.0 Å². The van der Waals surface area contributed by atoms with E-state index >= 15 is 0 Å². The second kappa shape index (κ2) is 4.73. The summed E-state index contributed by atoms with van der Waals surface area (Å²) < 4.78 is 0. The zero-order valence-electron chi connectivity index (χ0n) is 9.52. The van der Waals surface area contributed by atoms with Crippen molar-refractivity contribution in [1.29, 1.82) is 0 Å². The van der Waals surface area contributed by atoms with Crippen LogP contribution in [0.2, 0.25) is 0 Å². The molecule has 6 nitrogen and oxygen atoms in total. The first-order valence-corrected chi connectivity index (χ1v) is 5.88. The van der Waals surface area contributed by atoms with Crippen LogP contribution in [0, 0.1) is 5.92 Å². The molecule has 94 valence electrons. The molecule has 2 N–H and O–H groups in total. The van der Waals surface area contributed by atoms with Gasteiger partial charge < -0.3 is 15.3 Å². The highest BCUT2D eigenvalue weighted by Crippen LogP contribution is 2.23. The molecule has 2 unspecified atom stereocenters. The van der Waals surface area contributed by atoms with Gasteiger partial charge in [0.05, 0.1) is 12.0 Å². The van der Waals surface area contributed by atoms with Gasteiger partial charge in [-0.25, -0.2) is 0 Å². The molecule has 2 heterocycles. The van der Waals surface area contributed by atoms with Gasteiger partial charge in [-0.1, -0.05) is 0 Å². The van der Waals surface area contributed by atoms with E-state index in [1.54, 1.807) is 4.90 Å². The molecular formula is C11H16N2O4. The molecule has 0 aromatic rings. The summed E-state index contributed by atoms with van der Waals surface area (Å²) in [5.74, 6) is -1.84. The molecule has 2 amide bonds. The molecule has 0 spiro atoms. The van der Waals surface area contributed by atoms with Crippen LogP contribution in [0.1, 0.15) is 25.7 Å². The third-order valence-electron chi connectivity index (χ3n) is 3.46. The Balaban J connectivity index is 2.15. The van der Waals surface area contributed by atoms with Gasteiger partial charge in [-0.3, -0.25) is 14.4 Å². The second-order valence-corrected chi connectivity index (χ2v) is 4.56. The summed E-state index contributed by atoms with van der Waals surface area (Å²) in [4.78, 5) is 35.8. The molecule has 2 rings (SSSR count). The standard InChI is InChI=1S/C11H16N2O4/c14-9-5-8(7(6-12-9)11(16)17)13-4-2-1-3-10(13)15/h7-8H,1-6H2,(H,12,14)(H,16,17). The quantitative estimate of drug-likeness (QED) is 0.687. The van der Waals surface area contributed by atoms with Crippen molar-refractivity contribution in [2.45, 2.75) is 31.7 Å². The predicted molar refractivity (Wildman–Crippen MR) is 58.1 cm³/mol. The Hall–Kier alpha value is -1.59. The third kappa shape index (κ3) is 2.40.